The first kappa shape index (κ1) is 19.1. The van der Waals surface area contributed by atoms with Crippen molar-refractivity contribution in [2.75, 3.05) is 13.1 Å². The van der Waals surface area contributed by atoms with Gasteiger partial charge in [-0.25, -0.2) is 18.4 Å². The van der Waals surface area contributed by atoms with Crippen LogP contribution in [-0.4, -0.2) is 40.7 Å². The maximum atomic E-state index is 12.6. The quantitative estimate of drug-likeness (QED) is 0.434. The summed E-state index contributed by atoms with van der Waals surface area (Å²) in [5.41, 5.74) is -0.453. The second-order valence-corrected chi connectivity index (χ2v) is 8.23. The molecule has 0 aliphatic heterocycles. The van der Waals surface area contributed by atoms with E-state index in [1.165, 1.54) is 34.1 Å². The third kappa shape index (κ3) is 3.61. The van der Waals surface area contributed by atoms with E-state index in [0.717, 1.165) is 6.07 Å². The minimum atomic E-state index is -3.82. The van der Waals surface area contributed by atoms with Crippen LogP contribution in [0.1, 0.15) is 13.8 Å². The molecule has 0 radical (unpaired) electrons. The highest BCUT2D eigenvalue weighted by atomic mass is 32.2. The predicted molar refractivity (Wildman–Crippen MR) is 101 cm³/mol. The fourth-order valence-corrected chi connectivity index (χ4v) is 4.75. The highest BCUT2D eigenvalue weighted by molar-refractivity contribution is 7.89. The molecule has 0 fully saturated rings. The molecule has 0 unspecified atom stereocenters. The second-order valence-electron chi connectivity index (χ2n) is 5.40. The zero-order valence-electron chi connectivity index (χ0n) is 14.5. The van der Waals surface area contributed by atoms with Gasteiger partial charge in [-0.1, -0.05) is 13.8 Å². The maximum absolute atomic E-state index is 12.6. The van der Waals surface area contributed by atoms with E-state index in [0.29, 0.717) is 10.2 Å². The molecule has 0 spiro atoms. The minimum absolute atomic E-state index is 0.0929. The van der Waals surface area contributed by atoms with Crippen molar-refractivity contribution in [2.24, 2.45) is 0 Å². The summed E-state index contributed by atoms with van der Waals surface area (Å²) in [5.74, 6) is 0.0772. The van der Waals surface area contributed by atoms with Crippen LogP contribution in [0.25, 0.3) is 10.2 Å². The topological polar surface area (TPSA) is 116 Å². The molecule has 2 heterocycles. The monoisotopic (exact) mass is 408 g/mol. The summed E-state index contributed by atoms with van der Waals surface area (Å²) in [6.07, 6.45) is 1.30. The molecule has 11 heteroatoms. The predicted octanol–water partition coefficient (Wildman–Crippen LogP) is 3.42. The third-order valence-corrected chi connectivity index (χ3v) is 6.77. The molecule has 3 aromatic rings. The van der Waals surface area contributed by atoms with E-state index >= 15 is 0 Å². The summed E-state index contributed by atoms with van der Waals surface area (Å²) in [6, 6.07) is 5.33. The van der Waals surface area contributed by atoms with Gasteiger partial charge in [0, 0.05) is 19.2 Å². The SMILES string of the molecule is CCN(CC)S(=O)(=O)c1ccc(Oc2ncnc3sccc23)c([N+](=O)[O-])c1. The van der Waals surface area contributed by atoms with Crippen LogP contribution in [0.4, 0.5) is 5.69 Å². The van der Waals surface area contributed by atoms with Gasteiger partial charge in [0.2, 0.25) is 21.7 Å². The highest BCUT2D eigenvalue weighted by Gasteiger charge is 2.27. The number of nitro benzene ring substituents is 1. The Hall–Kier alpha value is -2.63. The third-order valence-electron chi connectivity index (χ3n) is 3.90. The number of hydrogen-bond donors (Lipinski definition) is 0. The van der Waals surface area contributed by atoms with Crippen molar-refractivity contribution in [3.8, 4) is 11.6 Å². The van der Waals surface area contributed by atoms with Crippen molar-refractivity contribution in [3.63, 3.8) is 0 Å². The maximum Gasteiger partial charge on any atom is 0.312 e. The van der Waals surface area contributed by atoms with E-state index in [2.05, 4.69) is 9.97 Å². The Morgan fingerprint density at radius 2 is 1.96 bits per heavy atom. The molecule has 2 aromatic heterocycles. The van der Waals surface area contributed by atoms with Gasteiger partial charge in [-0.15, -0.1) is 11.3 Å². The molecule has 0 saturated heterocycles. The average molecular weight is 408 g/mol. The van der Waals surface area contributed by atoms with E-state index in [-0.39, 0.29) is 29.6 Å². The van der Waals surface area contributed by atoms with Crippen LogP contribution >= 0.6 is 11.3 Å². The van der Waals surface area contributed by atoms with Crippen LogP contribution in [0.15, 0.2) is 40.9 Å². The summed E-state index contributed by atoms with van der Waals surface area (Å²) in [5, 5.41) is 13.9. The number of aromatic nitrogens is 2. The van der Waals surface area contributed by atoms with E-state index < -0.39 is 20.6 Å². The molecule has 3 rings (SSSR count). The zero-order chi connectivity index (χ0) is 19.6. The lowest BCUT2D eigenvalue weighted by Crippen LogP contribution is -2.30. The van der Waals surface area contributed by atoms with Crippen molar-refractivity contribution in [2.45, 2.75) is 18.7 Å². The fraction of sp³-hybridized carbons (Fsp3) is 0.250. The Balaban J connectivity index is 2.05. The lowest BCUT2D eigenvalue weighted by molar-refractivity contribution is -0.385. The van der Waals surface area contributed by atoms with Gasteiger partial charge in [0.1, 0.15) is 11.2 Å². The molecule has 0 bridgehead atoms. The van der Waals surface area contributed by atoms with E-state index in [4.69, 9.17) is 4.74 Å². The van der Waals surface area contributed by atoms with Gasteiger partial charge in [-0.2, -0.15) is 4.31 Å². The Kier molecular flexibility index (Phi) is 5.35. The fourth-order valence-electron chi connectivity index (χ4n) is 2.55. The molecule has 0 atom stereocenters. The van der Waals surface area contributed by atoms with Gasteiger partial charge in [-0.3, -0.25) is 10.1 Å². The molecular formula is C16H16N4O5S2. The van der Waals surface area contributed by atoms with E-state index in [1.54, 1.807) is 25.3 Å². The molecule has 9 nitrogen and oxygen atoms in total. The number of rotatable bonds is 7. The molecule has 0 aliphatic rings. The number of sulfonamides is 1. The molecule has 142 valence electrons. The van der Waals surface area contributed by atoms with Gasteiger partial charge in [0.05, 0.1) is 15.2 Å². The normalized spacial score (nSPS) is 11.8. The average Bonchev–Trinajstić information content (AvgIpc) is 3.12. The number of ether oxygens (including phenoxy) is 1. The summed E-state index contributed by atoms with van der Waals surface area (Å²) >= 11 is 1.39. The van der Waals surface area contributed by atoms with Crippen LogP contribution in [0, 0.1) is 10.1 Å². The number of benzene rings is 1. The number of thiophene rings is 1. The van der Waals surface area contributed by atoms with Crippen LogP contribution in [0.2, 0.25) is 0 Å². The van der Waals surface area contributed by atoms with Crippen molar-refractivity contribution < 1.29 is 18.1 Å². The number of fused-ring (bicyclic) bond motifs is 1. The molecule has 0 aliphatic carbocycles. The lowest BCUT2D eigenvalue weighted by atomic mass is 10.3. The minimum Gasteiger partial charge on any atom is -0.431 e. The van der Waals surface area contributed by atoms with Crippen molar-refractivity contribution in [3.05, 3.63) is 46.1 Å². The summed E-state index contributed by atoms with van der Waals surface area (Å²) in [4.78, 5) is 19.5. The van der Waals surface area contributed by atoms with Gasteiger partial charge in [-0.05, 0) is 23.6 Å². The van der Waals surface area contributed by atoms with Gasteiger partial charge < -0.3 is 4.74 Å². The molecule has 0 amide bonds. The first-order valence-corrected chi connectivity index (χ1v) is 10.3. The number of nitro groups is 1. The smallest absolute Gasteiger partial charge is 0.312 e. The van der Waals surface area contributed by atoms with E-state index in [1.807, 2.05) is 0 Å². The number of hydrogen-bond acceptors (Lipinski definition) is 8. The molecule has 0 saturated carbocycles. The van der Waals surface area contributed by atoms with Crippen molar-refractivity contribution in [1.82, 2.24) is 14.3 Å². The van der Waals surface area contributed by atoms with Crippen molar-refractivity contribution in [1.29, 1.82) is 0 Å². The van der Waals surface area contributed by atoms with E-state index in [9.17, 15) is 18.5 Å². The largest absolute Gasteiger partial charge is 0.431 e. The van der Waals surface area contributed by atoms with Crippen LogP contribution < -0.4 is 4.74 Å². The Bertz CT molecular complexity index is 1090. The van der Waals surface area contributed by atoms with Crippen LogP contribution in [-0.2, 0) is 10.0 Å². The lowest BCUT2D eigenvalue weighted by Gasteiger charge is -2.18. The first-order valence-electron chi connectivity index (χ1n) is 8.03. The molecule has 1 aromatic carbocycles. The highest BCUT2D eigenvalue weighted by Crippen LogP contribution is 2.36. The second kappa shape index (κ2) is 7.55. The Morgan fingerprint density at radius 1 is 1.22 bits per heavy atom. The van der Waals surface area contributed by atoms with Gasteiger partial charge in [0.25, 0.3) is 0 Å². The first-order chi connectivity index (χ1) is 12.9. The Morgan fingerprint density at radius 3 is 2.63 bits per heavy atom. The van der Waals surface area contributed by atoms with Gasteiger partial charge >= 0.3 is 5.69 Å². The number of nitrogens with zero attached hydrogens (tertiary/aromatic N) is 4. The van der Waals surface area contributed by atoms with Crippen LogP contribution in [0.3, 0.4) is 0 Å². The molecule has 0 N–H and O–H groups in total. The molecule has 27 heavy (non-hydrogen) atoms. The van der Waals surface area contributed by atoms with Crippen molar-refractivity contribution >= 4 is 37.3 Å². The van der Waals surface area contributed by atoms with Crippen LogP contribution in [0.5, 0.6) is 11.6 Å². The summed E-state index contributed by atoms with van der Waals surface area (Å²) in [6.45, 7) is 3.94. The molecular weight excluding hydrogens is 392 g/mol. The van der Waals surface area contributed by atoms with Gasteiger partial charge in [0.15, 0.2) is 0 Å². The zero-order valence-corrected chi connectivity index (χ0v) is 16.2. The summed E-state index contributed by atoms with van der Waals surface area (Å²) < 4.78 is 32.1. The Labute approximate surface area is 159 Å². The standard InChI is InChI=1S/C16H16N4O5S2/c1-3-19(4-2)27(23,24)11-5-6-14(13(9-11)20(21)22)25-15-12-7-8-26-16(12)18-10-17-15/h5-10H,3-4H2,1-2H3. The summed E-state index contributed by atoms with van der Waals surface area (Å²) in [7, 11) is -3.82.